The number of nitrogens with zero attached hydrogens (tertiary/aromatic N) is 3. The van der Waals surface area contributed by atoms with E-state index in [4.69, 9.17) is 0 Å². The van der Waals surface area contributed by atoms with Gasteiger partial charge in [0.2, 0.25) is 0 Å². The van der Waals surface area contributed by atoms with E-state index < -0.39 is 17.8 Å². The topological polar surface area (TPSA) is 56.5 Å². The Hall–Kier alpha value is -1.94. The molecular weight excluding hydrogens is 399 g/mol. The minimum Gasteiger partial charge on any atom is -0.464 e. The highest BCUT2D eigenvalue weighted by Crippen LogP contribution is 2.35. The van der Waals surface area contributed by atoms with Crippen molar-refractivity contribution in [1.29, 1.82) is 0 Å². The van der Waals surface area contributed by atoms with Gasteiger partial charge in [0, 0.05) is 0 Å². The van der Waals surface area contributed by atoms with Crippen LogP contribution in [0.1, 0.15) is 16.2 Å². The Balaban J connectivity index is 2.35. The lowest BCUT2D eigenvalue weighted by Gasteiger charge is -2.10. The number of rotatable bonds is 2. The van der Waals surface area contributed by atoms with Crippen molar-refractivity contribution in [1.82, 2.24) is 14.6 Å². The Labute approximate surface area is 139 Å². The first-order valence-corrected chi connectivity index (χ1v) is 7.79. The predicted octanol–water partition coefficient (Wildman–Crippen LogP) is 4.03. The van der Waals surface area contributed by atoms with E-state index in [0.717, 1.165) is 13.2 Å². The van der Waals surface area contributed by atoms with Gasteiger partial charge in [-0.05, 0) is 33.4 Å². The van der Waals surface area contributed by atoms with Crippen molar-refractivity contribution < 1.29 is 22.7 Å². The lowest BCUT2D eigenvalue weighted by molar-refractivity contribution is -0.142. The fourth-order valence-corrected chi connectivity index (χ4v) is 3.16. The second kappa shape index (κ2) is 5.60. The third kappa shape index (κ3) is 2.72. The van der Waals surface area contributed by atoms with E-state index in [1.165, 1.54) is 11.3 Å². The molecule has 0 aromatic carbocycles. The van der Waals surface area contributed by atoms with E-state index in [9.17, 15) is 18.0 Å². The number of hydrogen-bond acceptors (Lipinski definition) is 5. The average Bonchev–Trinajstić information content (AvgIpc) is 3.13. The largest absolute Gasteiger partial charge is 0.464 e. The highest BCUT2D eigenvalue weighted by molar-refractivity contribution is 9.10. The zero-order valence-electron chi connectivity index (χ0n) is 11.4. The molecule has 23 heavy (non-hydrogen) atoms. The normalized spacial score (nSPS) is 11.9. The standard InChI is InChI=1S/C13H7BrF3N3O2S/c1-22-12(21)10-9(14)11-18-6(7-3-2-4-23-7)5-8(13(15,16)17)20(11)19-10/h2-5H,1H3. The van der Waals surface area contributed by atoms with Gasteiger partial charge in [-0.25, -0.2) is 14.3 Å². The molecule has 0 aliphatic heterocycles. The van der Waals surface area contributed by atoms with E-state index >= 15 is 0 Å². The lowest BCUT2D eigenvalue weighted by Crippen LogP contribution is -2.14. The third-order valence-electron chi connectivity index (χ3n) is 2.98. The minimum absolute atomic E-state index is 0.0493. The van der Waals surface area contributed by atoms with Gasteiger partial charge in [0.1, 0.15) is 0 Å². The number of alkyl halides is 3. The molecule has 0 saturated heterocycles. The molecule has 10 heteroatoms. The van der Waals surface area contributed by atoms with Crippen LogP contribution in [0, 0.1) is 0 Å². The number of ether oxygens (including phenoxy) is 1. The molecule has 0 aliphatic rings. The molecule has 120 valence electrons. The third-order valence-corrected chi connectivity index (χ3v) is 4.60. The van der Waals surface area contributed by atoms with Crippen LogP contribution >= 0.6 is 27.3 Å². The first kappa shape index (κ1) is 15.9. The summed E-state index contributed by atoms with van der Waals surface area (Å²) in [5, 5.41) is 5.42. The Kier molecular flexibility index (Phi) is 3.88. The van der Waals surface area contributed by atoms with Gasteiger partial charge < -0.3 is 4.74 Å². The molecule has 0 N–H and O–H groups in total. The molecule has 3 aromatic rings. The maximum atomic E-state index is 13.3. The molecule has 0 atom stereocenters. The number of esters is 1. The first-order chi connectivity index (χ1) is 10.8. The molecule has 3 heterocycles. The zero-order valence-corrected chi connectivity index (χ0v) is 13.8. The van der Waals surface area contributed by atoms with Gasteiger partial charge in [-0.3, -0.25) is 0 Å². The maximum Gasteiger partial charge on any atom is 0.433 e. The lowest BCUT2D eigenvalue weighted by atomic mass is 10.2. The van der Waals surface area contributed by atoms with Crippen LogP contribution in [0.3, 0.4) is 0 Å². The number of carbonyl (C=O) groups excluding carboxylic acids is 1. The van der Waals surface area contributed by atoms with Crippen LogP contribution in [0.25, 0.3) is 16.2 Å². The Bertz CT molecular complexity index is 890. The monoisotopic (exact) mass is 405 g/mol. The number of carbonyl (C=O) groups is 1. The summed E-state index contributed by atoms with van der Waals surface area (Å²) in [6.45, 7) is 0. The van der Waals surface area contributed by atoms with Crippen molar-refractivity contribution in [2.24, 2.45) is 0 Å². The molecule has 5 nitrogen and oxygen atoms in total. The summed E-state index contributed by atoms with van der Waals surface area (Å²) in [6.07, 6.45) is -4.66. The number of thiophene rings is 1. The van der Waals surface area contributed by atoms with Crippen LogP contribution in [0.2, 0.25) is 0 Å². The van der Waals surface area contributed by atoms with Gasteiger partial charge in [-0.2, -0.15) is 18.3 Å². The molecular formula is C13H7BrF3N3O2S. The van der Waals surface area contributed by atoms with Gasteiger partial charge in [-0.15, -0.1) is 11.3 Å². The smallest absolute Gasteiger partial charge is 0.433 e. The highest BCUT2D eigenvalue weighted by Gasteiger charge is 2.36. The molecule has 0 fully saturated rings. The number of halogens is 4. The summed E-state index contributed by atoms with van der Waals surface area (Å²) in [5.41, 5.74) is -1.25. The fraction of sp³-hybridized carbons (Fsp3) is 0.154. The van der Waals surface area contributed by atoms with E-state index in [1.54, 1.807) is 17.5 Å². The second-order valence-corrected chi connectivity index (χ2v) is 6.13. The molecule has 0 unspecified atom stereocenters. The Morgan fingerprint density at radius 1 is 1.43 bits per heavy atom. The van der Waals surface area contributed by atoms with E-state index in [0.29, 0.717) is 9.39 Å². The van der Waals surface area contributed by atoms with Crippen molar-refractivity contribution in [2.75, 3.05) is 7.11 Å². The van der Waals surface area contributed by atoms with Gasteiger partial charge >= 0.3 is 12.1 Å². The number of fused-ring (bicyclic) bond motifs is 1. The number of aromatic nitrogens is 3. The van der Waals surface area contributed by atoms with Crippen LogP contribution in [-0.2, 0) is 10.9 Å². The van der Waals surface area contributed by atoms with Crippen LogP contribution in [0.4, 0.5) is 13.2 Å². The molecule has 3 rings (SSSR count). The van der Waals surface area contributed by atoms with Gasteiger partial charge in [0.15, 0.2) is 17.0 Å². The van der Waals surface area contributed by atoms with Crippen LogP contribution in [0.5, 0.6) is 0 Å². The van der Waals surface area contributed by atoms with Crippen LogP contribution in [-0.4, -0.2) is 27.7 Å². The van der Waals surface area contributed by atoms with E-state index in [1.807, 2.05) is 0 Å². The van der Waals surface area contributed by atoms with Crippen LogP contribution in [0.15, 0.2) is 28.1 Å². The quantitative estimate of drug-likeness (QED) is 0.604. The number of methoxy groups -OCH3 is 1. The Morgan fingerprint density at radius 2 is 2.17 bits per heavy atom. The Morgan fingerprint density at radius 3 is 2.74 bits per heavy atom. The molecule has 0 aliphatic carbocycles. The predicted molar refractivity (Wildman–Crippen MR) is 80.3 cm³/mol. The molecule has 0 amide bonds. The van der Waals surface area contributed by atoms with Crippen molar-refractivity contribution in [2.45, 2.75) is 6.18 Å². The molecule has 0 saturated carbocycles. The average molecular weight is 406 g/mol. The zero-order chi connectivity index (χ0) is 16.8. The second-order valence-electron chi connectivity index (χ2n) is 4.39. The summed E-state index contributed by atoms with van der Waals surface area (Å²) < 4.78 is 45.2. The van der Waals surface area contributed by atoms with Crippen molar-refractivity contribution in [3.8, 4) is 10.6 Å². The summed E-state index contributed by atoms with van der Waals surface area (Å²) in [5.74, 6) is -0.854. The molecule has 0 radical (unpaired) electrons. The highest BCUT2D eigenvalue weighted by atomic mass is 79.9. The SMILES string of the molecule is COC(=O)c1nn2c(C(F)(F)F)cc(-c3cccs3)nc2c1Br. The number of hydrogen-bond donors (Lipinski definition) is 0. The summed E-state index contributed by atoms with van der Waals surface area (Å²) in [4.78, 5) is 16.4. The summed E-state index contributed by atoms with van der Waals surface area (Å²) in [6, 6.07) is 4.28. The molecule has 0 bridgehead atoms. The minimum atomic E-state index is -4.66. The summed E-state index contributed by atoms with van der Waals surface area (Å²) in [7, 11) is 1.12. The molecule has 0 spiro atoms. The van der Waals surface area contributed by atoms with Gasteiger partial charge in [0.25, 0.3) is 0 Å². The molecule has 3 aromatic heterocycles. The summed E-state index contributed by atoms with van der Waals surface area (Å²) >= 11 is 4.34. The van der Waals surface area contributed by atoms with Gasteiger partial charge in [-0.1, -0.05) is 6.07 Å². The first-order valence-electron chi connectivity index (χ1n) is 6.11. The maximum absolute atomic E-state index is 13.3. The van der Waals surface area contributed by atoms with Crippen molar-refractivity contribution in [3.63, 3.8) is 0 Å². The van der Waals surface area contributed by atoms with Gasteiger partial charge in [0.05, 0.1) is 22.2 Å². The fourth-order valence-electron chi connectivity index (χ4n) is 1.97. The van der Waals surface area contributed by atoms with Crippen molar-refractivity contribution >= 4 is 38.9 Å². The van der Waals surface area contributed by atoms with Crippen LogP contribution < -0.4 is 0 Å². The van der Waals surface area contributed by atoms with Crippen molar-refractivity contribution in [3.05, 3.63) is 39.4 Å². The van der Waals surface area contributed by atoms with E-state index in [-0.39, 0.29) is 21.5 Å². The van der Waals surface area contributed by atoms with E-state index in [2.05, 4.69) is 30.7 Å².